The van der Waals surface area contributed by atoms with Crippen molar-refractivity contribution >= 4 is 7.82 Å². The van der Waals surface area contributed by atoms with Crippen LogP contribution in [0.15, 0.2) is 12.8 Å². The average molecular weight is 182 g/mol. The molecule has 0 aromatic heterocycles. The summed E-state index contributed by atoms with van der Waals surface area (Å²) >= 11 is 0. The third-order valence-electron chi connectivity index (χ3n) is 0.784. The van der Waals surface area contributed by atoms with Gasteiger partial charge in [0.15, 0.2) is 0 Å². The average Bonchev–Trinajstić information content (AvgIpc) is 1.85. The van der Waals surface area contributed by atoms with E-state index in [9.17, 15) is 4.57 Å². The van der Waals surface area contributed by atoms with Gasteiger partial charge in [0.2, 0.25) is 0 Å². The quantitative estimate of drug-likeness (QED) is 0.358. The van der Waals surface area contributed by atoms with Crippen molar-refractivity contribution in [3.63, 3.8) is 0 Å². The Balaban J connectivity index is 3.15. The molecule has 0 spiro atoms. The normalized spacial score (nSPS) is 11.1. The van der Waals surface area contributed by atoms with Gasteiger partial charge in [0, 0.05) is 6.42 Å². The minimum atomic E-state index is -4.30. The van der Waals surface area contributed by atoms with Crippen LogP contribution in [0.25, 0.3) is 0 Å². The van der Waals surface area contributed by atoms with Crippen LogP contribution in [-0.4, -0.2) is 23.0 Å². The van der Waals surface area contributed by atoms with Gasteiger partial charge in [-0.25, -0.2) is 4.57 Å². The molecule has 2 N–H and O–H groups in total. The molecule has 6 heteroatoms. The maximum Gasteiger partial charge on any atom is 0.469 e. The molecule has 0 heterocycles. The van der Waals surface area contributed by atoms with Gasteiger partial charge in [-0.05, 0) is 0 Å². The van der Waals surface area contributed by atoms with Crippen LogP contribution in [0.3, 0.4) is 0 Å². The van der Waals surface area contributed by atoms with Crippen LogP contribution in [0, 0.1) is 0 Å². The van der Waals surface area contributed by atoms with Gasteiger partial charge in [0.05, 0.1) is 19.5 Å². The molecule has 5 nitrogen and oxygen atoms in total. The molecule has 0 atom stereocenters. The van der Waals surface area contributed by atoms with E-state index in [1.165, 1.54) is 6.26 Å². The first-order valence-electron chi connectivity index (χ1n) is 2.99. The molecule has 0 amide bonds. The minimum absolute atomic E-state index is 0.0158. The zero-order valence-corrected chi connectivity index (χ0v) is 6.87. The lowest BCUT2D eigenvalue weighted by atomic mass is 10.5. The molecule has 0 rings (SSSR count). The standard InChI is InChI=1S/C5H11O5P/c1-2-9-4-3-5-10-11(6,7)8/h2H,1,3-5H2,(H2,6,7,8). The summed E-state index contributed by atoms with van der Waals surface area (Å²) in [4.78, 5) is 16.4. The second kappa shape index (κ2) is 5.32. The zero-order chi connectivity index (χ0) is 8.74. The number of phosphoric acid groups is 1. The SMILES string of the molecule is C=COCCCOP(=O)(O)O. The summed E-state index contributed by atoms with van der Waals surface area (Å²) in [6, 6.07) is 0. The van der Waals surface area contributed by atoms with Crippen molar-refractivity contribution in [2.45, 2.75) is 6.42 Å². The Morgan fingerprint density at radius 2 is 2.09 bits per heavy atom. The minimum Gasteiger partial charge on any atom is -0.502 e. The fourth-order valence-electron chi connectivity index (χ4n) is 0.409. The van der Waals surface area contributed by atoms with Gasteiger partial charge < -0.3 is 14.5 Å². The van der Waals surface area contributed by atoms with Gasteiger partial charge in [-0.1, -0.05) is 6.58 Å². The molecule has 0 aromatic rings. The molecule has 0 aliphatic carbocycles. The number of hydrogen-bond donors (Lipinski definition) is 2. The molecule has 0 bridgehead atoms. The molecule has 0 aliphatic heterocycles. The topological polar surface area (TPSA) is 76.0 Å². The summed E-state index contributed by atoms with van der Waals surface area (Å²) in [5.41, 5.74) is 0. The van der Waals surface area contributed by atoms with Crippen LogP contribution in [0.5, 0.6) is 0 Å². The van der Waals surface area contributed by atoms with Crippen LogP contribution in [0.2, 0.25) is 0 Å². The zero-order valence-electron chi connectivity index (χ0n) is 5.97. The lowest BCUT2D eigenvalue weighted by molar-refractivity contribution is 0.168. The lowest BCUT2D eigenvalue weighted by Crippen LogP contribution is -1.96. The van der Waals surface area contributed by atoms with Crippen molar-refractivity contribution in [1.29, 1.82) is 0 Å². The Labute approximate surface area is 64.9 Å². The van der Waals surface area contributed by atoms with Gasteiger partial charge in [-0.3, -0.25) is 4.52 Å². The van der Waals surface area contributed by atoms with E-state index in [2.05, 4.69) is 15.8 Å². The van der Waals surface area contributed by atoms with E-state index in [0.717, 1.165) is 0 Å². The van der Waals surface area contributed by atoms with E-state index in [4.69, 9.17) is 9.79 Å². The number of hydrogen-bond acceptors (Lipinski definition) is 3. The Morgan fingerprint density at radius 1 is 1.45 bits per heavy atom. The summed E-state index contributed by atoms with van der Waals surface area (Å²) < 4.78 is 18.9. The van der Waals surface area contributed by atoms with Crippen molar-refractivity contribution in [2.24, 2.45) is 0 Å². The van der Waals surface area contributed by atoms with Crippen LogP contribution < -0.4 is 0 Å². The molecule has 0 radical (unpaired) electrons. The number of phosphoric ester groups is 1. The van der Waals surface area contributed by atoms with E-state index in [1.807, 2.05) is 0 Å². The molecule has 0 saturated carbocycles. The van der Waals surface area contributed by atoms with Gasteiger partial charge in [0.1, 0.15) is 0 Å². The second-order valence-corrected chi connectivity index (χ2v) is 2.95. The van der Waals surface area contributed by atoms with Crippen LogP contribution in [0.4, 0.5) is 0 Å². The van der Waals surface area contributed by atoms with Gasteiger partial charge >= 0.3 is 7.82 Å². The highest BCUT2D eigenvalue weighted by molar-refractivity contribution is 7.46. The highest BCUT2D eigenvalue weighted by atomic mass is 31.2. The predicted molar refractivity (Wildman–Crippen MR) is 38.8 cm³/mol. The number of ether oxygens (including phenoxy) is 1. The first-order valence-corrected chi connectivity index (χ1v) is 4.52. The lowest BCUT2D eigenvalue weighted by Gasteiger charge is -2.03. The van der Waals surface area contributed by atoms with E-state index in [1.54, 1.807) is 0 Å². The predicted octanol–water partition coefficient (Wildman–Crippen LogP) is 0.646. The smallest absolute Gasteiger partial charge is 0.469 e. The summed E-state index contributed by atoms with van der Waals surface area (Å²) in [7, 11) is -4.30. The summed E-state index contributed by atoms with van der Waals surface area (Å²) in [6.45, 7) is 3.63. The fraction of sp³-hybridized carbons (Fsp3) is 0.600. The first kappa shape index (κ1) is 10.7. The van der Waals surface area contributed by atoms with E-state index in [-0.39, 0.29) is 6.61 Å². The molecule has 66 valence electrons. The van der Waals surface area contributed by atoms with Crippen molar-refractivity contribution in [2.75, 3.05) is 13.2 Å². The van der Waals surface area contributed by atoms with E-state index < -0.39 is 7.82 Å². The van der Waals surface area contributed by atoms with E-state index in [0.29, 0.717) is 13.0 Å². The van der Waals surface area contributed by atoms with Crippen LogP contribution >= 0.6 is 7.82 Å². The third kappa shape index (κ3) is 9.65. The summed E-state index contributed by atoms with van der Waals surface area (Å²) in [5, 5.41) is 0. The molecule has 0 saturated heterocycles. The van der Waals surface area contributed by atoms with Gasteiger partial charge in [-0.15, -0.1) is 0 Å². The van der Waals surface area contributed by atoms with Gasteiger partial charge in [-0.2, -0.15) is 0 Å². The Bertz CT molecular complexity index is 151. The first-order chi connectivity index (χ1) is 5.06. The second-order valence-electron chi connectivity index (χ2n) is 1.71. The van der Waals surface area contributed by atoms with E-state index >= 15 is 0 Å². The molecule has 11 heavy (non-hydrogen) atoms. The summed E-state index contributed by atoms with van der Waals surface area (Å²) in [6.07, 6.45) is 1.69. The maximum absolute atomic E-state index is 10.1. The summed E-state index contributed by atoms with van der Waals surface area (Å²) in [5.74, 6) is 0. The van der Waals surface area contributed by atoms with Crippen molar-refractivity contribution in [3.8, 4) is 0 Å². The highest BCUT2D eigenvalue weighted by Gasteiger charge is 2.12. The molecule has 0 aromatic carbocycles. The molecular formula is C5H11O5P. The maximum atomic E-state index is 10.1. The Kier molecular flexibility index (Phi) is 5.15. The Morgan fingerprint density at radius 3 is 2.55 bits per heavy atom. The molecule has 0 aliphatic rings. The molecule has 0 unspecified atom stereocenters. The fourth-order valence-corrected chi connectivity index (χ4v) is 0.776. The largest absolute Gasteiger partial charge is 0.502 e. The van der Waals surface area contributed by atoms with Gasteiger partial charge in [0.25, 0.3) is 0 Å². The molecular weight excluding hydrogens is 171 g/mol. The van der Waals surface area contributed by atoms with Crippen molar-refractivity contribution < 1.29 is 23.6 Å². The third-order valence-corrected chi connectivity index (χ3v) is 1.30. The van der Waals surface area contributed by atoms with Crippen molar-refractivity contribution in [1.82, 2.24) is 0 Å². The van der Waals surface area contributed by atoms with Crippen molar-refractivity contribution in [3.05, 3.63) is 12.8 Å². The number of rotatable bonds is 6. The Hall–Kier alpha value is -0.350. The highest BCUT2D eigenvalue weighted by Crippen LogP contribution is 2.35. The molecule has 0 fully saturated rings. The van der Waals surface area contributed by atoms with Crippen LogP contribution in [0.1, 0.15) is 6.42 Å². The van der Waals surface area contributed by atoms with Crippen LogP contribution in [-0.2, 0) is 13.8 Å². The monoisotopic (exact) mass is 182 g/mol.